The van der Waals surface area contributed by atoms with Crippen molar-refractivity contribution in [2.45, 2.75) is 75.7 Å². The minimum Gasteiger partial charge on any atom is -0.474 e. The largest absolute Gasteiger partial charge is 0.474 e. The molecule has 0 radical (unpaired) electrons. The van der Waals surface area contributed by atoms with Gasteiger partial charge in [-0.25, -0.2) is 9.98 Å². The number of nitrogens with zero attached hydrogens (tertiary/aromatic N) is 2. The third-order valence-corrected chi connectivity index (χ3v) is 8.11. The zero-order chi connectivity index (χ0) is 20.4. The van der Waals surface area contributed by atoms with Crippen LogP contribution >= 0.6 is 0 Å². The molecule has 0 saturated heterocycles. The van der Waals surface area contributed by atoms with Gasteiger partial charge in [-0.2, -0.15) is 0 Å². The third kappa shape index (κ3) is 2.60. The molecule has 0 aromatic heterocycles. The van der Waals surface area contributed by atoms with Gasteiger partial charge in [0.05, 0.1) is 0 Å². The molecule has 7 rings (SSSR count). The van der Waals surface area contributed by atoms with Gasteiger partial charge in [-0.1, -0.05) is 74.2 Å². The summed E-state index contributed by atoms with van der Waals surface area (Å²) in [5.74, 6) is 1.82. The number of hydrogen-bond acceptors (Lipinski definition) is 4. The van der Waals surface area contributed by atoms with Crippen molar-refractivity contribution >= 4 is 11.8 Å². The summed E-state index contributed by atoms with van der Waals surface area (Å²) < 4.78 is 13.3. The molecule has 0 amide bonds. The van der Waals surface area contributed by atoms with E-state index in [1.165, 1.54) is 47.9 Å². The molecule has 0 unspecified atom stereocenters. The van der Waals surface area contributed by atoms with Crippen LogP contribution in [0.5, 0.6) is 0 Å². The summed E-state index contributed by atoms with van der Waals surface area (Å²) in [7, 11) is 0. The Bertz CT molecular complexity index is 1020. The average molecular weight is 413 g/mol. The molecule has 5 aliphatic rings. The second-order valence-corrected chi connectivity index (χ2v) is 9.87. The summed E-state index contributed by atoms with van der Waals surface area (Å²) in [6.07, 6.45) is 9.15. The second kappa shape index (κ2) is 6.69. The molecule has 0 spiro atoms. The molecule has 3 aliphatic carbocycles. The first-order chi connectivity index (χ1) is 15.3. The van der Waals surface area contributed by atoms with E-state index in [9.17, 15) is 0 Å². The Kier molecular flexibility index (Phi) is 3.88. The van der Waals surface area contributed by atoms with E-state index in [0.717, 1.165) is 37.5 Å². The van der Waals surface area contributed by atoms with Crippen LogP contribution in [0.2, 0.25) is 0 Å². The molecule has 4 atom stereocenters. The van der Waals surface area contributed by atoms with E-state index >= 15 is 0 Å². The lowest BCUT2D eigenvalue weighted by molar-refractivity contribution is 0.157. The highest BCUT2D eigenvalue weighted by molar-refractivity contribution is 6.06. The van der Waals surface area contributed by atoms with E-state index in [1.807, 2.05) is 0 Å². The quantitative estimate of drug-likeness (QED) is 0.610. The first-order valence-electron chi connectivity index (χ1n) is 12.0. The van der Waals surface area contributed by atoms with Gasteiger partial charge < -0.3 is 9.47 Å². The van der Waals surface area contributed by atoms with E-state index in [-0.39, 0.29) is 29.7 Å². The Balaban J connectivity index is 1.29. The number of ether oxygens (including phenoxy) is 2. The summed E-state index contributed by atoms with van der Waals surface area (Å²) in [5, 5.41) is 0. The van der Waals surface area contributed by atoms with E-state index in [1.54, 1.807) is 0 Å². The van der Waals surface area contributed by atoms with Gasteiger partial charge >= 0.3 is 0 Å². The minimum atomic E-state index is -0.283. The zero-order valence-corrected chi connectivity index (χ0v) is 17.8. The average Bonchev–Trinajstić information content (AvgIpc) is 3.50. The molecular weight excluding hydrogens is 384 g/mol. The maximum atomic E-state index is 6.66. The molecule has 2 heterocycles. The Morgan fingerprint density at radius 2 is 1.13 bits per heavy atom. The van der Waals surface area contributed by atoms with Gasteiger partial charge in [0.1, 0.15) is 29.7 Å². The topological polar surface area (TPSA) is 43.2 Å². The third-order valence-electron chi connectivity index (χ3n) is 8.11. The molecule has 158 valence electrons. The number of rotatable bonds is 2. The van der Waals surface area contributed by atoms with Gasteiger partial charge in [0.2, 0.25) is 0 Å². The lowest BCUT2D eigenvalue weighted by Gasteiger charge is -2.32. The fraction of sp³-hybridized carbons (Fsp3) is 0.481. The Morgan fingerprint density at radius 3 is 1.65 bits per heavy atom. The predicted octanol–water partition coefficient (Wildman–Crippen LogP) is 5.52. The number of hydrogen-bond donors (Lipinski definition) is 0. The summed E-state index contributed by atoms with van der Waals surface area (Å²) in [6, 6.07) is 17.6. The Labute approximate surface area is 183 Å². The Morgan fingerprint density at radius 1 is 0.645 bits per heavy atom. The molecule has 1 fully saturated rings. The molecule has 4 nitrogen and oxygen atoms in total. The van der Waals surface area contributed by atoms with Crippen molar-refractivity contribution in [2.75, 3.05) is 0 Å². The number of aliphatic imine (C=N–C) groups is 2. The molecule has 0 N–H and O–H groups in total. The van der Waals surface area contributed by atoms with Crippen molar-refractivity contribution in [3.63, 3.8) is 0 Å². The van der Waals surface area contributed by atoms with Crippen LogP contribution in [0.4, 0.5) is 0 Å². The van der Waals surface area contributed by atoms with Crippen molar-refractivity contribution < 1.29 is 9.47 Å². The normalized spacial score (nSPS) is 32.0. The van der Waals surface area contributed by atoms with Gasteiger partial charge in [-0.15, -0.1) is 0 Å². The molecule has 4 heteroatoms. The van der Waals surface area contributed by atoms with E-state index < -0.39 is 0 Å². The number of fused-ring (bicyclic) bond motifs is 6. The predicted molar refractivity (Wildman–Crippen MR) is 121 cm³/mol. The summed E-state index contributed by atoms with van der Waals surface area (Å²) in [5.41, 5.74) is 5.17. The van der Waals surface area contributed by atoms with Crippen LogP contribution in [0.1, 0.15) is 72.9 Å². The fourth-order valence-corrected chi connectivity index (χ4v) is 6.52. The summed E-state index contributed by atoms with van der Waals surface area (Å²) in [6.45, 7) is 0. The van der Waals surface area contributed by atoms with Gasteiger partial charge in [-0.05, 0) is 35.1 Å². The highest BCUT2D eigenvalue weighted by Crippen LogP contribution is 2.50. The van der Waals surface area contributed by atoms with Crippen LogP contribution in [0, 0.1) is 5.41 Å². The van der Waals surface area contributed by atoms with Gasteiger partial charge in [-0.3, -0.25) is 0 Å². The van der Waals surface area contributed by atoms with Crippen molar-refractivity contribution in [1.82, 2.24) is 0 Å². The highest BCUT2D eigenvalue weighted by Gasteiger charge is 2.54. The molecular formula is C27H28N2O2. The van der Waals surface area contributed by atoms with Gasteiger partial charge in [0.15, 0.2) is 11.8 Å². The molecule has 2 aliphatic heterocycles. The van der Waals surface area contributed by atoms with Crippen molar-refractivity contribution in [1.29, 1.82) is 0 Å². The smallest absolute Gasteiger partial charge is 0.200 e. The number of benzene rings is 2. The van der Waals surface area contributed by atoms with Crippen LogP contribution in [-0.2, 0) is 22.3 Å². The highest BCUT2D eigenvalue weighted by atomic mass is 16.5. The lowest BCUT2D eigenvalue weighted by Crippen LogP contribution is -2.41. The maximum Gasteiger partial charge on any atom is 0.200 e. The first-order valence-corrected chi connectivity index (χ1v) is 12.0. The lowest BCUT2D eigenvalue weighted by atomic mass is 9.79. The zero-order valence-electron chi connectivity index (χ0n) is 17.8. The molecule has 2 aromatic rings. The Hall–Kier alpha value is -2.62. The SMILES string of the molecule is c1ccc2c(c1)C[C@@H]1OC(C3(C4=N[C@@H]5c6ccccc6C[C@@H]5O4)CCCCCC3)=N[C@H]21. The minimum absolute atomic E-state index is 0.133. The van der Waals surface area contributed by atoms with Crippen LogP contribution in [0.3, 0.4) is 0 Å². The molecule has 31 heavy (non-hydrogen) atoms. The summed E-state index contributed by atoms with van der Waals surface area (Å²) >= 11 is 0. The van der Waals surface area contributed by atoms with Crippen LogP contribution < -0.4 is 0 Å². The van der Waals surface area contributed by atoms with E-state index in [2.05, 4.69) is 48.5 Å². The van der Waals surface area contributed by atoms with Crippen LogP contribution in [-0.4, -0.2) is 24.0 Å². The van der Waals surface area contributed by atoms with Crippen LogP contribution in [0.15, 0.2) is 58.5 Å². The maximum absolute atomic E-state index is 6.66. The second-order valence-electron chi connectivity index (χ2n) is 9.87. The molecule has 0 bridgehead atoms. The van der Waals surface area contributed by atoms with Crippen molar-refractivity contribution in [3.8, 4) is 0 Å². The summed E-state index contributed by atoms with van der Waals surface area (Å²) in [4.78, 5) is 10.5. The fourth-order valence-electron chi connectivity index (χ4n) is 6.52. The van der Waals surface area contributed by atoms with Crippen molar-refractivity contribution in [2.24, 2.45) is 15.4 Å². The van der Waals surface area contributed by atoms with Crippen molar-refractivity contribution in [3.05, 3.63) is 70.8 Å². The van der Waals surface area contributed by atoms with Gasteiger partial charge in [0.25, 0.3) is 0 Å². The molecule has 2 aromatic carbocycles. The monoisotopic (exact) mass is 412 g/mol. The van der Waals surface area contributed by atoms with Crippen LogP contribution in [0.25, 0.3) is 0 Å². The van der Waals surface area contributed by atoms with E-state index in [0.29, 0.717) is 0 Å². The molecule has 1 saturated carbocycles. The van der Waals surface area contributed by atoms with E-state index in [4.69, 9.17) is 19.5 Å². The van der Waals surface area contributed by atoms with Gasteiger partial charge in [0, 0.05) is 12.8 Å². The first kappa shape index (κ1) is 18.0. The standard InChI is InChI=1S/C27H28N2O2/c1-2-8-14-27(13-7-1,25-28-23-19-11-5-3-9-17(19)15-21(23)30-25)26-29-24-20-12-6-4-10-18(20)16-22(24)31-26/h3-6,9-12,21-24H,1-2,7-8,13-16H2/t21-,22-,23+,24+/m0/s1.